The van der Waals surface area contributed by atoms with Gasteiger partial charge in [-0.1, -0.05) is 0 Å². The van der Waals surface area contributed by atoms with Gasteiger partial charge in [0.1, 0.15) is 5.84 Å². The highest BCUT2D eigenvalue weighted by molar-refractivity contribution is 5.82. The van der Waals surface area contributed by atoms with E-state index in [0.29, 0.717) is 0 Å². The lowest BCUT2D eigenvalue weighted by Crippen LogP contribution is -2.55. The molecule has 2 aliphatic heterocycles. The molecule has 1 unspecified atom stereocenters. The fourth-order valence-corrected chi connectivity index (χ4v) is 2.18. The van der Waals surface area contributed by atoms with Crippen LogP contribution in [0.1, 0.15) is 13.3 Å². The minimum Gasteiger partial charge on any atom is -0.386 e. The number of hydrogen-bond acceptors (Lipinski definition) is 4. The monoisotopic (exact) mass is 168 g/mol. The summed E-state index contributed by atoms with van der Waals surface area (Å²) < 4.78 is 0. The van der Waals surface area contributed by atoms with Crippen molar-refractivity contribution in [2.75, 3.05) is 26.7 Å². The highest BCUT2D eigenvalue weighted by Crippen LogP contribution is 2.29. The van der Waals surface area contributed by atoms with Crippen LogP contribution in [-0.2, 0) is 0 Å². The third-order valence-corrected chi connectivity index (χ3v) is 2.74. The lowest BCUT2D eigenvalue weighted by molar-refractivity contribution is 0.0402. The van der Waals surface area contributed by atoms with E-state index in [4.69, 9.17) is 5.73 Å². The Morgan fingerprint density at radius 2 is 2.25 bits per heavy atom. The summed E-state index contributed by atoms with van der Waals surface area (Å²) in [5.41, 5.74) is 5.88. The van der Waals surface area contributed by atoms with Gasteiger partial charge in [-0.2, -0.15) is 5.10 Å². The van der Waals surface area contributed by atoms with Crippen LogP contribution in [0, 0.1) is 0 Å². The molecule has 2 aliphatic rings. The van der Waals surface area contributed by atoms with Crippen molar-refractivity contribution in [3.8, 4) is 0 Å². The predicted octanol–water partition coefficient (Wildman–Crippen LogP) is -0.332. The summed E-state index contributed by atoms with van der Waals surface area (Å²) in [5, 5.41) is 6.46. The SMILES string of the molecule is CN1CCN2N=C(N)CC2(C)C1. The van der Waals surface area contributed by atoms with Gasteiger partial charge in [0.05, 0.1) is 5.54 Å². The molecule has 2 N–H and O–H groups in total. The Morgan fingerprint density at radius 3 is 3.00 bits per heavy atom. The van der Waals surface area contributed by atoms with E-state index in [1.165, 1.54) is 0 Å². The highest BCUT2D eigenvalue weighted by Gasteiger charge is 2.40. The minimum atomic E-state index is 0.164. The smallest absolute Gasteiger partial charge is 0.122 e. The van der Waals surface area contributed by atoms with E-state index in [2.05, 4.69) is 29.0 Å². The Balaban J connectivity index is 2.16. The molecule has 12 heavy (non-hydrogen) atoms. The highest BCUT2D eigenvalue weighted by atomic mass is 15.5. The molecule has 0 spiro atoms. The predicted molar refractivity (Wildman–Crippen MR) is 48.8 cm³/mol. The van der Waals surface area contributed by atoms with Gasteiger partial charge in [0, 0.05) is 26.1 Å². The van der Waals surface area contributed by atoms with Crippen LogP contribution in [0.25, 0.3) is 0 Å². The third kappa shape index (κ3) is 1.06. The zero-order valence-corrected chi connectivity index (χ0v) is 7.75. The fourth-order valence-electron chi connectivity index (χ4n) is 2.18. The van der Waals surface area contributed by atoms with Crippen molar-refractivity contribution in [1.29, 1.82) is 0 Å². The first kappa shape index (κ1) is 7.86. The van der Waals surface area contributed by atoms with Gasteiger partial charge in [-0.15, -0.1) is 0 Å². The van der Waals surface area contributed by atoms with E-state index in [1.54, 1.807) is 0 Å². The number of piperazine rings is 1. The van der Waals surface area contributed by atoms with E-state index in [1.807, 2.05) is 0 Å². The first-order valence-corrected chi connectivity index (χ1v) is 4.39. The number of nitrogens with two attached hydrogens (primary N) is 1. The quantitative estimate of drug-likeness (QED) is 0.538. The van der Waals surface area contributed by atoms with Gasteiger partial charge in [0.2, 0.25) is 0 Å². The Bertz CT molecular complexity index is 225. The minimum absolute atomic E-state index is 0.164. The average Bonchev–Trinajstić information content (AvgIpc) is 2.22. The van der Waals surface area contributed by atoms with Gasteiger partial charge in [-0.05, 0) is 14.0 Å². The van der Waals surface area contributed by atoms with Crippen LogP contribution in [0.5, 0.6) is 0 Å². The van der Waals surface area contributed by atoms with Crippen LogP contribution in [-0.4, -0.2) is 48.0 Å². The normalized spacial score (nSPS) is 36.5. The van der Waals surface area contributed by atoms with Crippen LogP contribution in [0.2, 0.25) is 0 Å². The number of likely N-dealkylation sites (N-methyl/N-ethyl adjacent to an activating group) is 1. The third-order valence-electron chi connectivity index (χ3n) is 2.74. The Morgan fingerprint density at radius 1 is 1.50 bits per heavy atom. The standard InChI is InChI=1S/C8H16N4/c1-8-5-7(9)10-12(8)4-3-11(2)6-8/h3-6H2,1-2H3,(H2,9,10). The zero-order chi connectivity index (χ0) is 8.77. The summed E-state index contributed by atoms with van der Waals surface area (Å²) in [6.07, 6.45) is 0.914. The second-order valence-electron chi connectivity index (χ2n) is 4.13. The van der Waals surface area contributed by atoms with Gasteiger partial charge in [0.15, 0.2) is 0 Å². The van der Waals surface area contributed by atoms with Gasteiger partial charge in [0.25, 0.3) is 0 Å². The van der Waals surface area contributed by atoms with Crippen molar-refractivity contribution in [1.82, 2.24) is 9.91 Å². The van der Waals surface area contributed by atoms with Crippen LogP contribution < -0.4 is 5.73 Å². The summed E-state index contributed by atoms with van der Waals surface area (Å²) in [6.45, 7) is 5.39. The Kier molecular flexibility index (Phi) is 1.54. The summed E-state index contributed by atoms with van der Waals surface area (Å²) in [5.74, 6) is 0.785. The Labute approximate surface area is 73.0 Å². The number of amidine groups is 1. The molecule has 1 atom stereocenters. The van der Waals surface area contributed by atoms with Crippen LogP contribution in [0.15, 0.2) is 5.10 Å². The maximum atomic E-state index is 5.71. The zero-order valence-electron chi connectivity index (χ0n) is 7.75. The molecule has 1 saturated heterocycles. The van der Waals surface area contributed by atoms with Crippen LogP contribution in [0.3, 0.4) is 0 Å². The lowest BCUT2D eigenvalue weighted by atomic mass is 9.95. The Hall–Kier alpha value is -0.770. The van der Waals surface area contributed by atoms with Crippen molar-refractivity contribution < 1.29 is 0 Å². The van der Waals surface area contributed by atoms with Crippen molar-refractivity contribution in [3.63, 3.8) is 0 Å². The number of rotatable bonds is 0. The number of nitrogens with zero attached hydrogens (tertiary/aromatic N) is 3. The summed E-state index contributed by atoms with van der Waals surface area (Å²) in [6, 6.07) is 0. The first-order chi connectivity index (χ1) is 5.60. The van der Waals surface area contributed by atoms with Crippen LogP contribution in [0.4, 0.5) is 0 Å². The fraction of sp³-hybridized carbons (Fsp3) is 0.875. The number of hydrazone groups is 1. The average molecular weight is 168 g/mol. The molecule has 0 aliphatic carbocycles. The van der Waals surface area contributed by atoms with Gasteiger partial charge in [-0.25, -0.2) is 0 Å². The van der Waals surface area contributed by atoms with Crippen molar-refractivity contribution in [2.24, 2.45) is 10.8 Å². The molecule has 2 heterocycles. The maximum Gasteiger partial charge on any atom is 0.122 e. The summed E-state index contributed by atoms with van der Waals surface area (Å²) >= 11 is 0. The van der Waals surface area contributed by atoms with Crippen molar-refractivity contribution in [3.05, 3.63) is 0 Å². The van der Waals surface area contributed by atoms with E-state index in [0.717, 1.165) is 31.9 Å². The second kappa shape index (κ2) is 2.36. The molecule has 0 amide bonds. The molecule has 2 rings (SSSR count). The molecular formula is C8H16N4. The topological polar surface area (TPSA) is 44.9 Å². The van der Waals surface area contributed by atoms with Gasteiger partial charge in [-0.3, -0.25) is 5.01 Å². The van der Waals surface area contributed by atoms with Crippen LogP contribution >= 0.6 is 0 Å². The first-order valence-electron chi connectivity index (χ1n) is 4.39. The molecule has 0 aromatic carbocycles. The number of hydrogen-bond donors (Lipinski definition) is 1. The molecule has 0 saturated carbocycles. The van der Waals surface area contributed by atoms with E-state index < -0.39 is 0 Å². The van der Waals surface area contributed by atoms with Crippen molar-refractivity contribution >= 4 is 5.84 Å². The molecule has 4 heteroatoms. The molecular weight excluding hydrogens is 152 g/mol. The maximum absolute atomic E-state index is 5.71. The summed E-state index contributed by atoms with van der Waals surface area (Å²) in [4.78, 5) is 2.34. The molecule has 1 fully saturated rings. The molecule has 68 valence electrons. The molecule has 0 radical (unpaired) electrons. The van der Waals surface area contributed by atoms with E-state index in [9.17, 15) is 0 Å². The largest absolute Gasteiger partial charge is 0.386 e. The van der Waals surface area contributed by atoms with E-state index in [-0.39, 0.29) is 5.54 Å². The summed E-state index contributed by atoms with van der Waals surface area (Å²) in [7, 11) is 2.15. The molecule has 4 nitrogen and oxygen atoms in total. The number of fused-ring (bicyclic) bond motifs is 1. The molecule has 0 bridgehead atoms. The van der Waals surface area contributed by atoms with Gasteiger partial charge >= 0.3 is 0 Å². The van der Waals surface area contributed by atoms with Crippen molar-refractivity contribution in [2.45, 2.75) is 18.9 Å². The lowest BCUT2D eigenvalue weighted by Gasteiger charge is -2.42. The second-order valence-corrected chi connectivity index (χ2v) is 4.13. The molecule has 0 aromatic heterocycles. The van der Waals surface area contributed by atoms with Gasteiger partial charge < -0.3 is 10.6 Å². The molecule has 0 aromatic rings. The van der Waals surface area contributed by atoms with E-state index >= 15 is 0 Å².